The van der Waals surface area contributed by atoms with E-state index in [2.05, 4.69) is 25.0 Å². The van der Waals surface area contributed by atoms with E-state index in [1.807, 2.05) is 0 Å². The van der Waals surface area contributed by atoms with Crippen LogP contribution in [0.5, 0.6) is 0 Å². The van der Waals surface area contributed by atoms with Crippen LogP contribution in [0.3, 0.4) is 0 Å². The first kappa shape index (κ1) is 22.2. The van der Waals surface area contributed by atoms with Crippen LogP contribution in [0.2, 0.25) is 0 Å². The predicted octanol–water partition coefficient (Wildman–Crippen LogP) is 2.11. The van der Waals surface area contributed by atoms with Crippen LogP contribution < -0.4 is 10.0 Å². The molecule has 1 aliphatic heterocycles. The Bertz CT molecular complexity index is 1410. The first-order valence-electron chi connectivity index (χ1n) is 10.7. The minimum Gasteiger partial charge on any atom is -0.480 e. The molecular formula is C21H21FN6O5S. The average Bonchev–Trinajstić information content (AvgIpc) is 3.21. The molecule has 11 nitrogen and oxygen atoms in total. The third-order valence-corrected chi connectivity index (χ3v) is 7.64. The molecule has 178 valence electrons. The van der Waals surface area contributed by atoms with Gasteiger partial charge in [0.15, 0.2) is 11.6 Å². The fourth-order valence-corrected chi connectivity index (χ4v) is 5.35. The third kappa shape index (κ3) is 3.76. The van der Waals surface area contributed by atoms with Gasteiger partial charge in [-0.25, -0.2) is 19.2 Å². The molecular weight excluding hydrogens is 467 g/mol. The topological polar surface area (TPSA) is 157 Å². The van der Waals surface area contributed by atoms with Crippen molar-refractivity contribution in [2.45, 2.75) is 31.2 Å². The summed E-state index contributed by atoms with van der Waals surface area (Å²) < 4.78 is 43.9. The van der Waals surface area contributed by atoms with Crippen molar-refractivity contribution >= 4 is 44.5 Å². The van der Waals surface area contributed by atoms with E-state index in [4.69, 9.17) is 0 Å². The Hall–Kier alpha value is -3.58. The van der Waals surface area contributed by atoms with Crippen LogP contribution in [0.4, 0.5) is 15.9 Å². The van der Waals surface area contributed by atoms with E-state index in [0.717, 1.165) is 12.8 Å². The highest BCUT2D eigenvalue weighted by Crippen LogP contribution is 2.40. The van der Waals surface area contributed by atoms with Gasteiger partial charge in [-0.1, -0.05) is 6.07 Å². The quantitative estimate of drug-likeness (QED) is 0.351. The van der Waals surface area contributed by atoms with Gasteiger partial charge < -0.3 is 15.4 Å². The Kier molecular flexibility index (Phi) is 5.24. The van der Waals surface area contributed by atoms with Crippen molar-refractivity contribution in [2.75, 3.05) is 23.1 Å². The minimum absolute atomic E-state index is 0.0257. The number of carboxylic acid groups (broad SMARTS) is 1. The number of hydrogen-bond acceptors (Lipinski definition) is 7. The van der Waals surface area contributed by atoms with Crippen LogP contribution in [0.15, 0.2) is 30.7 Å². The molecule has 1 saturated heterocycles. The van der Waals surface area contributed by atoms with E-state index in [1.54, 1.807) is 0 Å². The summed E-state index contributed by atoms with van der Waals surface area (Å²) >= 11 is 0. The zero-order chi connectivity index (χ0) is 24.1. The number of aliphatic carboxylic acids is 1. The Labute approximate surface area is 193 Å². The zero-order valence-corrected chi connectivity index (χ0v) is 18.7. The lowest BCUT2D eigenvalue weighted by molar-refractivity contribution is -0.138. The molecule has 0 unspecified atom stereocenters. The van der Waals surface area contributed by atoms with Crippen LogP contribution in [0.1, 0.15) is 41.6 Å². The smallest absolute Gasteiger partial charge is 0.329 e. The first-order chi connectivity index (χ1) is 16.2. The molecule has 2 aromatic heterocycles. The minimum atomic E-state index is -3.95. The number of aromatic nitrogens is 3. The molecule has 0 radical (unpaired) electrons. The number of benzene rings is 1. The van der Waals surface area contributed by atoms with Gasteiger partial charge in [0.25, 0.3) is 0 Å². The summed E-state index contributed by atoms with van der Waals surface area (Å²) in [6.07, 6.45) is 4.81. The van der Waals surface area contributed by atoms with Gasteiger partial charge in [0, 0.05) is 19.3 Å². The lowest BCUT2D eigenvalue weighted by Crippen LogP contribution is -2.33. The largest absolute Gasteiger partial charge is 0.480 e. The van der Waals surface area contributed by atoms with E-state index in [9.17, 15) is 23.1 Å². The fourth-order valence-electron chi connectivity index (χ4n) is 4.04. The molecule has 1 aromatic carbocycles. The van der Waals surface area contributed by atoms with Gasteiger partial charge >= 0.3 is 16.2 Å². The van der Waals surface area contributed by atoms with Crippen molar-refractivity contribution in [3.63, 3.8) is 0 Å². The van der Waals surface area contributed by atoms with E-state index in [1.165, 1.54) is 35.0 Å². The molecule has 0 atom stereocenters. The second-order valence-electron chi connectivity index (χ2n) is 8.37. The Balaban J connectivity index is 1.50. The van der Waals surface area contributed by atoms with Gasteiger partial charge in [0.2, 0.25) is 0 Å². The molecule has 1 saturated carbocycles. The fraction of sp³-hybridized carbons (Fsp3) is 0.333. The van der Waals surface area contributed by atoms with E-state index in [0.29, 0.717) is 25.9 Å². The highest BCUT2D eigenvalue weighted by atomic mass is 32.2. The summed E-state index contributed by atoms with van der Waals surface area (Å²) in [5, 5.41) is 12.6. The summed E-state index contributed by atoms with van der Waals surface area (Å²) in [6.45, 7) is 0.692. The van der Waals surface area contributed by atoms with Crippen molar-refractivity contribution in [2.24, 2.45) is 0 Å². The van der Waals surface area contributed by atoms with Crippen LogP contribution in [0.25, 0.3) is 11.0 Å². The van der Waals surface area contributed by atoms with Crippen molar-refractivity contribution in [1.29, 1.82) is 0 Å². The SMILES string of the molecule is O=C(c1cccc(NS(=O)(=O)N2CCCC2)c1F)c1c[nH]c2ncnc(NC3(C(=O)O)CC3)c12. The number of nitrogens with one attached hydrogen (secondary N) is 3. The molecule has 0 spiro atoms. The number of nitrogens with zero attached hydrogens (tertiary/aromatic N) is 3. The van der Waals surface area contributed by atoms with Gasteiger partial charge in [-0.05, 0) is 37.8 Å². The lowest BCUT2D eigenvalue weighted by atomic mass is 10.0. The highest BCUT2D eigenvalue weighted by Gasteiger charge is 2.51. The summed E-state index contributed by atoms with van der Waals surface area (Å²) in [5.41, 5.74) is -1.56. The Morgan fingerprint density at radius 2 is 1.88 bits per heavy atom. The van der Waals surface area contributed by atoms with Gasteiger partial charge in [-0.2, -0.15) is 12.7 Å². The van der Waals surface area contributed by atoms with Crippen molar-refractivity contribution in [3.05, 3.63) is 47.7 Å². The van der Waals surface area contributed by atoms with Gasteiger partial charge in [0.1, 0.15) is 23.3 Å². The summed E-state index contributed by atoms with van der Waals surface area (Å²) in [4.78, 5) is 35.9. The molecule has 13 heteroatoms. The molecule has 2 aliphatic rings. The van der Waals surface area contributed by atoms with Crippen molar-refractivity contribution in [3.8, 4) is 0 Å². The second kappa shape index (κ2) is 8.02. The van der Waals surface area contributed by atoms with Crippen LogP contribution >= 0.6 is 0 Å². The molecule has 0 amide bonds. The molecule has 2 fully saturated rings. The number of aromatic amines is 1. The van der Waals surface area contributed by atoms with Gasteiger partial charge in [-0.15, -0.1) is 0 Å². The number of halogens is 1. The number of carboxylic acids is 1. The number of anilines is 2. The first-order valence-corrected chi connectivity index (χ1v) is 12.1. The number of carbonyl (C=O) groups is 2. The maximum absolute atomic E-state index is 15.3. The van der Waals surface area contributed by atoms with Crippen LogP contribution in [0, 0.1) is 5.82 Å². The average molecular weight is 489 g/mol. The van der Waals surface area contributed by atoms with Gasteiger partial charge in [0.05, 0.1) is 22.2 Å². The standard InChI is InChI=1S/C21H21FN6O5S/c22-16-12(4-3-5-14(16)27-34(32,33)28-8-1-2-9-28)17(29)13-10-23-18-15(13)19(25-11-24-18)26-21(6-7-21)20(30)31/h3-5,10-11,27H,1-2,6-9H2,(H,30,31)(H2,23,24,25,26). The molecule has 4 N–H and O–H groups in total. The van der Waals surface area contributed by atoms with Crippen molar-refractivity contribution < 1.29 is 27.5 Å². The second-order valence-corrected chi connectivity index (χ2v) is 10.0. The molecule has 1 aliphatic carbocycles. The van der Waals surface area contributed by atoms with E-state index < -0.39 is 33.3 Å². The maximum Gasteiger partial charge on any atom is 0.329 e. The van der Waals surface area contributed by atoms with Crippen LogP contribution in [-0.2, 0) is 15.0 Å². The number of H-pyrrole nitrogens is 1. The number of rotatable bonds is 8. The summed E-state index contributed by atoms with van der Waals surface area (Å²) in [7, 11) is -3.95. The Morgan fingerprint density at radius 3 is 2.56 bits per heavy atom. The molecule has 0 bridgehead atoms. The number of hydrogen-bond donors (Lipinski definition) is 4. The molecule has 3 aromatic rings. The molecule has 3 heterocycles. The summed E-state index contributed by atoms with van der Waals surface area (Å²) in [5.74, 6) is -2.64. The number of fused-ring (bicyclic) bond motifs is 1. The highest BCUT2D eigenvalue weighted by molar-refractivity contribution is 7.90. The normalized spacial score (nSPS) is 17.6. The predicted molar refractivity (Wildman–Crippen MR) is 120 cm³/mol. The maximum atomic E-state index is 15.3. The molecule has 34 heavy (non-hydrogen) atoms. The van der Waals surface area contributed by atoms with Gasteiger partial charge in [-0.3, -0.25) is 9.52 Å². The molecule has 5 rings (SSSR count). The van der Waals surface area contributed by atoms with Crippen molar-refractivity contribution in [1.82, 2.24) is 19.3 Å². The monoisotopic (exact) mass is 488 g/mol. The zero-order valence-electron chi connectivity index (χ0n) is 17.8. The van der Waals surface area contributed by atoms with E-state index in [-0.39, 0.29) is 33.7 Å². The van der Waals surface area contributed by atoms with E-state index >= 15 is 4.39 Å². The summed E-state index contributed by atoms with van der Waals surface area (Å²) in [6, 6.07) is 3.88. The Morgan fingerprint density at radius 1 is 1.15 bits per heavy atom. The number of ketones is 1. The lowest BCUT2D eigenvalue weighted by Gasteiger charge is -2.18. The third-order valence-electron chi connectivity index (χ3n) is 6.12. The number of carbonyl (C=O) groups excluding carboxylic acids is 1. The van der Waals surface area contributed by atoms with Crippen LogP contribution in [-0.4, -0.2) is 63.2 Å².